The van der Waals surface area contributed by atoms with E-state index in [-0.39, 0.29) is 42.8 Å². The Morgan fingerprint density at radius 1 is 1.25 bits per heavy atom. The van der Waals surface area contributed by atoms with Crippen molar-refractivity contribution < 1.29 is 14.0 Å². The van der Waals surface area contributed by atoms with Gasteiger partial charge in [-0.3, -0.25) is 19.8 Å². The summed E-state index contributed by atoms with van der Waals surface area (Å²) in [4.78, 5) is 24.8. The van der Waals surface area contributed by atoms with Gasteiger partial charge in [-0.2, -0.15) is 0 Å². The Morgan fingerprint density at radius 3 is 2.30 bits per heavy atom. The highest BCUT2D eigenvalue weighted by Gasteiger charge is 2.32. The second-order valence-corrected chi connectivity index (χ2v) is 4.94. The van der Waals surface area contributed by atoms with E-state index < -0.39 is 0 Å². The van der Waals surface area contributed by atoms with E-state index in [0.717, 1.165) is 5.56 Å². The molecule has 2 rings (SSSR count). The summed E-state index contributed by atoms with van der Waals surface area (Å²) < 4.78 is 13.0. The van der Waals surface area contributed by atoms with E-state index in [1.165, 1.54) is 12.1 Å². The third kappa shape index (κ3) is 3.20. The first-order valence-corrected chi connectivity index (χ1v) is 6.59. The number of nitrogens with one attached hydrogen (secondary N) is 1. The van der Waals surface area contributed by atoms with Crippen LogP contribution in [0.15, 0.2) is 24.3 Å². The number of nitrogens with two attached hydrogens (primary N) is 1. The minimum absolute atomic E-state index is 0.113. The van der Waals surface area contributed by atoms with Crippen LogP contribution < -0.4 is 11.1 Å². The normalized spacial score (nSPS) is 19.6. The second kappa shape index (κ2) is 6.11. The molecule has 1 fully saturated rings. The number of halogens is 1. The van der Waals surface area contributed by atoms with Crippen molar-refractivity contribution in [1.82, 2.24) is 10.2 Å². The Hall–Kier alpha value is -1.79. The van der Waals surface area contributed by atoms with E-state index >= 15 is 0 Å². The van der Waals surface area contributed by atoms with E-state index in [9.17, 15) is 14.0 Å². The van der Waals surface area contributed by atoms with Crippen LogP contribution in [0.25, 0.3) is 0 Å². The van der Waals surface area contributed by atoms with Crippen LogP contribution in [0.2, 0.25) is 0 Å². The molecule has 0 spiro atoms. The van der Waals surface area contributed by atoms with Crippen LogP contribution in [0.5, 0.6) is 0 Å². The molecule has 2 amide bonds. The lowest BCUT2D eigenvalue weighted by atomic mass is 9.95. The fourth-order valence-electron chi connectivity index (χ4n) is 2.47. The molecule has 108 valence electrons. The van der Waals surface area contributed by atoms with Crippen molar-refractivity contribution in [1.29, 1.82) is 0 Å². The standard InChI is InChI=1S/C14H18FN3O2/c1-2-11(16)14(9-3-5-10(15)6-4-9)18-7-12(19)17-13(20)8-18/h3-6,11,14H,2,7-8,16H2,1H3,(H,17,19,20). The zero-order chi connectivity index (χ0) is 14.7. The molecule has 3 N–H and O–H groups in total. The molecular weight excluding hydrogens is 261 g/mol. The Bertz CT molecular complexity index is 488. The lowest BCUT2D eigenvalue weighted by Crippen LogP contribution is -2.55. The lowest BCUT2D eigenvalue weighted by Gasteiger charge is -2.36. The van der Waals surface area contributed by atoms with Gasteiger partial charge >= 0.3 is 0 Å². The fraction of sp³-hybridized carbons (Fsp3) is 0.429. The molecule has 1 aromatic rings. The van der Waals surface area contributed by atoms with Gasteiger partial charge in [0, 0.05) is 6.04 Å². The van der Waals surface area contributed by atoms with Crippen LogP contribution >= 0.6 is 0 Å². The van der Waals surface area contributed by atoms with Crippen molar-refractivity contribution in [3.8, 4) is 0 Å². The van der Waals surface area contributed by atoms with Crippen LogP contribution in [-0.4, -0.2) is 35.8 Å². The average molecular weight is 279 g/mol. The topological polar surface area (TPSA) is 75.4 Å². The van der Waals surface area contributed by atoms with Gasteiger partial charge < -0.3 is 5.73 Å². The number of benzene rings is 1. The number of carbonyl (C=O) groups excluding carboxylic acids is 2. The van der Waals surface area contributed by atoms with Gasteiger partial charge in [0.1, 0.15) is 5.82 Å². The van der Waals surface area contributed by atoms with Gasteiger partial charge in [-0.05, 0) is 24.1 Å². The molecule has 6 heteroatoms. The summed E-state index contributed by atoms with van der Waals surface area (Å²) >= 11 is 0. The lowest BCUT2D eigenvalue weighted by molar-refractivity contribution is -0.137. The van der Waals surface area contributed by atoms with E-state index in [0.29, 0.717) is 6.42 Å². The van der Waals surface area contributed by atoms with E-state index in [4.69, 9.17) is 5.73 Å². The number of nitrogens with zero attached hydrogens (tertiary/aromatic N) is 1. The number of hydrogen-bond donors (Lipinski definition) is 2. The van der Waals surface area contributed by atoms with Gasteiger partial charge in [-0.25, -0.2) is 4.39 Å². The largest absolute Gasteiger partial charge is 0.326 e. The molecule has 0 bridgehead atoms. The third-order valence-electron chi connectivity index (χ3n) is 3.45. The molecular formula is C14H18FN3O2. The van der Waals surface area contributed by atoms with Gasteiger partial charge in [0.2, 0.25) is 11.8 Å². The molecule has 5 nitrogen and oxygen atoms in total. The number of carbonyl (C=O) groups is 2. The van der Waals surface area contributed by atoms with Gasteiger partial charge in [-0.1, -0.05) is 19.1 Å². The molecule has 1 saturated heterocycles. The minimum Gasteiger partial charge on any atom is -0.326 e. The summed E-state index contributed by atoms with van der Waals surface area (Å²) in [6.45, 7) is 2.16. The maximum absolute atomic E-state index is 13.0. The summed E-state index contributed by atoms with van der Waals surface area (Å²) in [6.07, 6.45) is 0.689. The van der Waals surface area contributed by atoms with Crippen LogP contribution in [0, 0.1) is 5.82 Å². The maximum Gasteiger partial charge on any atom is 0.240 e. The molecule has 2 unspecified atom stereocenters. The SMILES string of the molecule is CCC(N)C(c1ccc(F)cc1)N1CC(=O)NC(=O)C1. The first kappa shape index (κ1) is 14.6. The molecule has 2 atom stereocenters. The first-order chi connectivity index (χ1) is 9.51. The number of rotatable bonds is 4. The molecule has 0 aliphatic carbocycles. The highest BCUT2D eigenvalue weighted by molar-refractivity contribution is 5.99. The van der Waals surface area contributed by atoms with Gasteiger partial charge in [0.15, 0.2) is 0 Å². The van der Waals surface area contributed by atoms with Gasteiger partial charge in [0.25, 0.3) is 0 Å². The van der Waals surface area contributed by atoms with Crippen molar-refractivity contribution in [2.24, 2.45) is 5.73 Å². The summed E-state index contributed by atoms with van der Waals surface area (Å²) in [7, 11) is 0. The first-order valence-electron chi connectivity index (χ1n) is 6.59. The molecule has 0 saturated carbocycles. The monoisotopic (exact) mass is 279 g/mol. The van der Waals surface area contributed by atoms with Crippen LogP contribution in [-0.2, 0) is 9.59 Å². The second-order valence-electron chi connectivity index (χ2n) is 4.94. The summed E-state index contributed by atoms with van der Waals surface area (Å²) in [5.74, 6) is -1.00. The van der Waals surface area contributed by atoms with Crippen LogP contribution in [0.3, 0.4) is 0 Å². The summed E-state index contributed by atoms with van der Waals surface area (Å²) in [5.41, 5.74) is 6.94. The van der Waals surface area contributed by atoms with Crippen molar-refractivity contribution in [2.45, 2.75) is 25.4 Å². The Kier molecular flexibility index (Phi) is 4.46. The Morgan fingerprint density at radius 2 is 1.80 bits per heavy atom. The van der Waals surface area contributed by atoms with Crippen LogP contribution in [0.4, 0.5) is 4.39 Å². The smallest absolute Gasteiger partial charge is 0.240 e. The summed E-state index contributed by atoms with van der Waals surface area (Å²) in [6, 6.07) is 5.49. The number of imide groups is 1. The van der Waals surface area contributed by atoms with Crippen molar-refractivity contribution in [2.75, 3.05) is 13.1 Å². The fourth-order valence-corrected chi connectivity index (χ4v) is 2.47. The Balaban J connectivity index is 2.29. The molecule has 1 heterocycles. The highest BCUT2D eigenvalue weighted by atomic mass is 19.1. The van der Waals surface area contributed by atoms with Crippen molar-refractivity contribution in [3.63, 3.8) is 0 Å². The number of hydrogen-bond acceptors (Lipinski definition) is 4. The van der Waals surface area contributed by atoms with Crippen molar-refractivity contribution >= 4 is 11.8 Å². The average Bonchev–Trinajstić information content (AvgIpc) is 2.40. The van der Waals surface area contributed by atoms with Gasteiger partial charge in [0.05, 0.1) is 19.1 Å². The van der Waals surface area contributed by atoms with Crippen LogP contribution in [0.1, 0.15) is 24.9 Å². The van der Waals surface area contributed by atoms with E-state index in [1.807, 2.05) is 6.92 Å². The maximum atomic E-state index is 13.0. The molecule has 1 aliphatic heterocycles. The molecule has 1 aromatic carbocycles. The highest BCUT2D eigenvalue weighted by Crippen LogP contribution is 2.26. The minimum atomic E-state index is -0.336. The predicted octanol–water partition coefficient (Wildman–Crippen LogP) is 0.562. The molecule has 0 aromatic heterocycles. The zero-order valence-electron chi connectivity index (χ0n) is 11.3. The molecule has 20 heavy (non-hydrogen) atoms. The summed E-state index contributed by atoms with van der Waals surface area (Å²) in [5, 5.41) is 2.26. The quantitative estimate of drug-likeness (QED) is 0.790. The van der Waals surface area contributed by atoms with Gasteiger partial charge in [-0.15, -0.1) is 0 Å². The number of amides is 2. The van der Waals surface area contributed by atoms with Crippen molar-refractivity contribution in [3.05, 3.63) is 35.6 Å². The zero-order valence-corrected chi connectivity index (χ0v) is 11.3. The third-order valence-corrected chi connectivity index (χ3v) is 3.45. The van der Waals surface area contributed by atoms with E-state index in [2.05, 4.69) is 5.32 Å². The Labute approximate surface area is 116 Å². The molecule has 0 radical (unpaired) electrons. The number of piperazine rings is 1. The van der Waals surface area contributed by atoms with E-state index in [1.54, 1.807) is 17.0 Å². The molecule has 1 aliphatic rings. The predicted molar refractivity (Wildman–Crippen MR) is 72.1 cm³/mol.